The van der Waals surface area contributed by atoms with Crippen molar-refractivity contribution < 1.29 is 14.3 Å². The molecule has 98 valence electrons. The summed E-state index contributed by atoms with van der Waals surface area (Å²) < 4.78 is 5.53. The largest absolute Gasteiger partial charge is 0.478 e. The summed E-state index contributed by atoms with van der Waals surface area (Å²) in [5.41, 5.74) is 0.491. The highest BCUT2D eigenvalue weighted by Gasteiger charge is 2.08. The summed E-state index contributed by atoms with van der Waals surface area (Å²) in [7, 11) is 0. The zero-order valence-electron chi connectivity index (χ0n) is 10.4. The fourth-order valence-corrected chi connectivity index (χ4v) is 2.16. The number of carbonyl (C=O) groups is 1. The first-order valence-electron chi connectivity index (χ1n) is 6.01. The number of rotatable bonds is 2. The number of fused-ring (bicyclic) bond motifs is 3. The fourth-order valence-electron chi connectivity index (χ4n) is 2.16. The van der Waals surface area contributed by atoms with Crippen LogP contribution >= 0.6 is 0 Å². The van der Waals surface area contributed by atoms with Crippen LogP contribution in [0.4, 0.5) is 0 Å². The molecule has 3 rings (SSSR count). The number of benzene rings is 2. The van der Waals surface area contributed by atoms with Crippen LogP contribution in [0, 0.1) is 0 Å². The van der Waals surface area contributed by atoms with Gasteiger partial charge in [-0.1, -0.05) is 30.3 Å². The smallest absolute Gasteiger partial charge is 0.328 e. The Hall–Kier alpha value is -2.88. The summed E-state index contributed by atoms with van der Waals surface area (Å²) in [5, 5.41) is 10.9. The molecule has 0 bridgehead atoms. The Morgan fingerprint density at radius 2 is 1.90 bits per heavy atom. The Balaban J connectivity index is 2.32. The molecular formula is C16H10O4. The molecular weight excluding hydrogens is 256 g/mol. The Bertz CT molecular complexity index is 903. The second kappa shape index (κ2) is 4.66. The minimum atomic E-state index is -1.11. The van der Waals surface area contributed by atoms with Gasteiger partial charge in [-0.25, -0.2) is 4.79 Å². The first-order valence-corrected chi connectivity index (χ1v) is 6.01. The van der Waals surface area contributed by atoms with Gasteiger partial charge in [0.1, 0.15) is 11.8 Å². The standard InChI is InChI=1S/C16H10O4/c17-14(18)8-6-11-9-20-16-12-4-2-1-3-10(12)5-7-13(16)15(11)19/h1-9H,(H,17,18). The van der Waals surface area contributed by atoms with Crippen LogP contribution < -0.4 is 5.43 Å². The number of carboxylic acid groups (broad SMARTS) is 1. The van der Waals surface area contributed by atoms with E-state index in [4.69, 9.17) is 9.52 Å². The minimum absolute atomic E-state index is 0.218. The summed E-state index contributed by atoms with van der Waals surface area (Å²) >= 11 is 0. The third-order valence-corrected chi connectivity index (χ3v) is 3.10. The van der Waals surface area contributed by atoms with Crippen LogP contribution in [0.1, 0.15) is 5.56 Å². The molecule has 0 atom stereocenters. The quantitative estimate of drug-likeness (QED) is 0.571. The minimum Gasteiger partial charge on any atom is -0.478 e. The summed E-state index contributed by atoms with van der Waals surface area (Å²) in [6.07, 6.45) is 3.44. The van der Waals surface area contributed by atoms with Crippen LogP contribution in [-0.4, -0.2) is 11.1 Å². The van der Waals surface area contributed by atoms with E-state index in [1.807, 2.05) is 30.3 Å². The monoisotopic (exact) mass is 266 g/mol. The van der Waals surface area contributed by atoms with Crippen LogP contribution in [0.15, 0.2) is 57.9 Å². The first kappa shape index (κ1) is 12.2. The van der Waals surface area contributed by atoms with E-state index in [0.717, 1.165) is 16.8 Å². The van der Waals surface area contributed by atoms with Crippen LogP contribution in [0.25, 0.3) is 27.8 Å². The molecule has 1 heterocycles. The van der Waals surface area contributed by atoms with Gasteiger partial charge in [-0.2, -0.15) is 0 Å². The first-order chi connectivity index (χ1) is 9.66. The number of carboxylic acids is 1. The molecule has 2 aromatic carbocycles. The van der Waals surface area contributed by atoms with Gasteiger partial charge in [0.2, 0.25) is 0 Å². The highest BCUT2D eigenvalue weighted by atomic mass is 16.4. The van der Waals surface area contributed by atoms with Crippen molar-refractivity contribution in [2.75, 3.05) is 0 Å². The molecule has 0 saturated carbocycles. The molecule has 0 radical (unpaired) electrons. The van der Waals surface area contributed by atoms with Crippen molar-refractivity contribution in [1.82, 2.24) is 0 Å². The van der Waals surface area contributed by atoms with Crippen molar-refractivity contribution in [3.05, 3.63) is 64.5 Å². The summed E-state index contributed by atoms with van der Waals surface area (Å²) in [4.78, 5) is 22.8. The zero-order valence-corrected chi connectivity index (χ0v) is 10.4. The van der Waals surface area contributed by atoms with Crippen molar-refractivity contribution >= 4 is 33.8 Å². The Labute approximate surface area is 113 Å². The Kier molecular flexibility index (Phi) is 2.84. The SMILES string of the molecule is O=C(O)C=Cc1coc2c(ccc3ccccc32)c1=O. The molecule has 1 N–H and O–H groups in total. The summed E-state index contributed by atoms with van der Waals surface area (Å²) in [6.45, 7) is 0. The lowest BCUT2D eigenvalue weighted by Gasteiger charge is -2.02. The van der Waals surface area contributed by atoms with Crippen molar-refractivity contribution in [3.63, 3.8) is 0 Å². The second-order valence-electron chi connectivity index (χ2n) is 4.36. The van der Waals surface area contributed by atoms with Crippen molar-refractivity contribution in [3.8, 4) is 0 Å². The lowest BCUT2D eigenvalue weighted by molar-refractivity contribution is -0.131. The highest BCUT2D eigenvalue weighted by Crippen LogP contribution is 2.23. The molecule has 3 aromatic rings. The molecule has 0 saturated heterocycles. The third-order valence-electron chi connectivity index (χ3n) is 3.10. The van der Waals surface area contributed by atoms with E-state index < -0.39 is 5.97 Å². The maximum atomic E-state index is 12.3. The Morgan fingerprint density at radius 3 is 2.70 bits per heavy atom. The number of hydrogen-bond donors (Lipinski definition) is 1. The van der Waals surface area contributed by atoms with E-state index in [9.17, 15) is 9.59 Å². The average molecular weight is 266 g/mol. The summed E-state index contributed by atoms with van der Waals surface area (Å²) in [6, 6.07) is 11.2. The van der Waals surface area contributed by atoms with E-state index in [1.54, 1.807) is 6.07 Å². The number of hydrogen-bond acceptors (Lipinski definition) is 3. The van der Waals surface area contributed by atoms with Gasteiger partial charge in [0.15, 0.2) is 5.43 Å². The van der Waals surface area contributed by atoms with E-state index in [0.29, 0.717) is 11.0 Å². The molecule has 0 aliphatic heterocycles. The van der Waals surface area contributed by atoms with Crippen LogP contribution in [0.3, 0.4) is 0 Å². The van der Waals surface area contributed by atoms with Crippen LogP contribution in [-0.2, 0) is 4.79 Å². The van der Waals surface area contributed by atoms with E-state index in [2.05, 4.69) is 0 Å². The fraction of sp³-hybridized carbons (Fsp3) is 0. The van der Waals surface area contributed by atoms with Gasteiger partial charge in [-0.15, -0.1) is 0 Å². The van der Waals surface area contributed by atoms with E-state index >= 15 is 0 Å². The number of aliphatic carboxylic acids is 1. The third kappa shape index (κ3) is 1.97. The van der Waals surface area contributed by atoms with Gasteiger partial charge in [0.25, 0.3) is 0 Å². The normalized spacial score (nSPS) is 11.4. The molecule has 0 amide bonds. The van der Waals surface area contributed by atoms with E-state index in [-0.39, 0.29) is 11.0 Å². The molecule has 1 aromatic heterocycles. The summed E-state index contributed by atoms with van der Waals surface area (Å²) in [5.74, 6) is -1.11. The van der Waals surface area contributed by atoms with Gasteiger partial charge in [0.05, 0.1) is 10.9 Å². The van der Waals surface area contributed by atoms with Crippen LogP contribution in [0.2, 0.25) is 0 Å². The van der Waals surface area contributed by atoms with Gasteiger partial charge >= 0.3 is 5.97 Å². The molecule has 0 aliphatic carbocycles. The van der Waals surface area contributed by atoms with Crippen molar-refractivity contribution in [2.45, 2.75) is 0 Å². The predicted octanol–water partition coefficient (Wildman–Crippen LogP) is 3.04. The molecule has 0 fully saturated rings. The van der Waals surface area contributed by atoms with Gasteiger partial charge in [0, 0.05) is 11.5 Å². The van der Waals surface area contributed by atoms with Crippen molar-refractivity contribution in [1.29, 1.82) is 0 Å². The Morgan fingerprint density at radius 1 is 1.10 bits per heavy atom. The highest BCUT2D eigenvalue weighted by molar-refractivity contribution is 6.04. The molecule has 4 nitrogen and oxygen atoms in total. The second-order valence-corrected chi connectivity index (χ2v) is 4.36. The lowest BCUT2D eigenvalue weighted by Crippen LogP contribution is -2.05. The molecule has 0 unspecified atom stereocenters. The topological polar surface area (TPSA) is 67.5 Å². The average Bonchev–Trinajstić information content (AvgIpc) is 2.46. The lowest BCUT2D eigenvalue weighted by atomic mass is 10.1. The van der Waals surface area contributed by atoms with Gasteiger partial charge < -0.3 is 9.52 Å². The molecule has 0 aliphatic rings. The molecule has 0 spiro atoms. The predicted molar refractivity (Wildman–Crippen MR) is 76.7 cm³/mol. The van der Waals surface area contributed by atoms with Gasteiger partial charge in [-0.05, 0) is 17.5 Å². The van der Waals surface area contributed by atoms with Crippen LogP contribution in [0.5, 0.6) is 0 Å². The maximum absolute atomic E-state index is 12.3. The zero-order chi connectivity index (χ0) is 14.1. The molecule has 20 heavy (non-hydrogen) atoms. The van der Waals surface area contributed by atoms with Gasteiger partial charge in [-0.3, -0.25) is 4.79 Å². The molecule has 4 heteroatoms. The van der Waals surface area contributed by atoms with E-state index in [1.165, 1.54) is 12.3 Å². The maximum Gasteiger partial charge on any atom is 0.328 e. The van der Waals surface area contributed by atoms with Crippen molar-refractivity contribution in [2.24, 2.45) is 0 Å².